The number of hydrogen-bond acceptors (Lipinski definition) is 5. The maximum atomic E-state index is 12.2. The first kappa shape index (κ1) is 18.7. The normalized spacial score (nSPS) is 14.1. The average Bonchev–Trinajstić information content (AvgIpc) is 3.43. The number of benzene rings is 2. The van der Waals surface area contributed by atoms with Gasteiger partial charge in [-0.25, -0.2) is 17.9 Å². The zero-order chi connectivity index (χ0) is 18.7. The summed E-state index contributed by atoms with van der Waals surface area (Å²) in [6, 6.07) is 10.7. The van der Waals surface area contributed by atoms with Crippen LogP contribution in [0.3, 0.4) is 0 Å². The molecule has 1 N–H and O–H groups in total. The van der Waals surface area contributed by atoms with Crippen LogP contribution in [0.1, 0.15) is 28.8 Å². The van der Waals surface area contributed by atoms with E-state index in [4.69, 9.17) is 21.1 Å². The number of halogens is 1. The van der Waals surface area contributed by atoms with Crippen LogP contribution in [0.2, 0.25) is 5.02 Å². The standard InChI is InChI=1S/C18H18ClNO5S/c1-24-17-9-4-14(19)10-13(17)11-25-18(21)12-2-7-16(8-3-12)26(22,23)20-15-5-6-15/h2-4,7-10,15,20H,5-6,11H2,1H3. The molecule has 0 aliphatic heterocycles. The summed E-state index contributed by atoms with van der Waals surface area (Å²) in [4.78, 5) is 12.3. The number of ether oxygens (including phenoxy) is 2. The van der Waals surface area contributed by atoms with Gasteiger partial charge in [-0.3, -0.25) is 0 Å². The van der Waals surface area contributed by atoms with Crippen LogP contribution in [0.4, 0.5) is 0 Å². The Kier molecular flexibility index (Phi) is 5.50. The van der Waals surface area contributed by atoms with E-state index in [0.717, 1.165) is 12.8 Å². The van der Waals surface area contributed by atoms with E-state index in [2.05, 4.69) is 4.72 Å². The van der Waals surface area contributed by atoms with Gasteiger partial charge in [-0.2, -0.15) is 0 Å². The maximum absolute atomic E-state index is 12.2. The molecule has 0 atom stereocenters. The van der Waals surface area contributed by atoms with Crippen molar-refractivity contribution in [3.63, 3.8) is 0 Å². The third kappa shape index (κ3) is 4.55. The van der Waals surface area contributed by atoms with E-state index < -0.39 is 16.0 Å². The first-order valence-electron chi connectivity index (χ1n) is 8.01. The molecule has 1 fully saturated rings. The summed E-state index contributed by atoms with van der Waals surface area (Å²) in [6.45, 7) is -0.00808. The molecular formula is C18H18ClNO5S. The fourth-order valence-electron chi connectivity index (χ4n) is 2.35. The highest BCUT2D eigenvalue weighted by Crippen LogP contribution is 2.24. The van der Waals surface area contributed by atoms with Gasteiger partial charge in [-0.05, 0) is 55.3 Å². The third-order valence-electron chi connectivity index (χ3n) is 3.90. The Labute approximate surface area is 157 Å². The smallest absolute Gasteiger partial charge is 0.338 e. The van der Waals surface area contributed by atoms with Gasteiger partial charge < -0.3 is 9.47 Å². The highest BCUT2D eigenvalue weighted by molar-refractivity contribution is 7.89. The second kappa shape index (κ2) is 7.65. The molecule has 3 rings (SSSR count). The molecule has 138 valence electrons. The predicted octanol–water partition coefficient (Wildman–Crippen LogP) is 3.15. The lowest BCUT2D eigenvalue weighted by Gasteiger charge is -2.10. The summed E-state index contributed by atoms with van der Waals surface area (Å²) in [7, 11) is -2.02. The van der Waals surface area contributed by atoms with E-state index in [1.54, 1.807) is 18.2 Å². The molecule has 0 saturated heterocycles. The minimum atomic E-state index is -3.54. The van der Waals surface area contributed by atoms with Crippen molar-refractivity contribution in [1.29, 1.82) is 0 Å². The Bertz CT molecular complexity index is 908. The molecule has 0 amide bonds. The van der Waals surface area contributed by atoms with Crippen molar-refractivity contribution in [2.45, 2.75) is 30.4 Å². The molecular weight excluding hydrogens is 378 g/mol. The summed E-state index contributed by atoms with van der Waals surface area (Å²) in [6.07, 6.45) is 1.72. The quantitative estimate of drug-likeness (QED) is 0.728. The van der Waals surface area contributed by atoms with Gasteiger partial charge in [-0.15, -0.1) is 0 Å². The predicted molar refractivity (Wildman–Crippen MR) is 96.9 cm³/mol. The van der Waals surface area contributed by atoms with Crippen molar-refractivity contribution in [3.8, 4) is 5.75 Å². The second-order valence-corrected chi connectivity index (χ2v) is 8.10. The number of sulfonamides is 1. The highest BCUT2D eigenvalue weighted by atomic mass is 35.5. The molecule has 1 saturated carbocycles. The molecule has 6 nitrogen and oxygen atoms in total. The summed E-state index contributed by atoms with van der Waals surface area (Å²) in [5.74, 6) is 0.000852. The summed E-state index contributed by atoms with van der Waals surface area (Å²) in [5, 5.41) is 0.509. The summed E-state index contributed by atoms with van der Waals surface area (Å²) >= 11 is 5.95. The molecule has 0 aromatic heterocycles. The van der Waals surface area contributed by atoms with Gasteiger partial charge in [0.1, 0.15) is 12.4 Å². The van der Waals surface area contributed by atoms with E-state index in [1.165, 1.54) is 31.4 Å². The number of carbonyl (C=O) groups excluding carboxylic acids is 1. The van der Waals surface area contributed by atoms with Crippen molar-refractivity contribution in [3.05, 3.63) is 58.6 Å². The average molecular weight is 396 g/mol. The lowest BCUT2D eigenvalue weighted by molar-refractivity contribution is 0.0470. The molecule has 0 unspecified atom stereocenters. The number of rotatable bonds is 7. The van der Waals surface area contributed by atoms with Crippen LogP contribution in [0.25, 0.3) is 0 Å². The van der Waals surface area contributed by atoms with Crippen LogP contribution in [-0.4, -0.2) is 27.5 Å². The van der Waals surface area contributed by atoms with Crippen molar-refractivity contribution < 1.29 is 22.7 Å². The minimum absolute atomic E-state index is 0.00808. The van der Waals surface area contributed by atoms with Crippen LogP contribution in [0.5, 0.6) is 5.75 Å². The molecule has 0 bridgehead atoms. The lowest BCUT2D eigenvalue weighted by Crippen LogP contribution is -2.25. The van der Waals surface area contributed by atoms with E-state index in [1.807, 2.05) is 0 Å². The SMILES string of the molecule is COc1ccc(Cl)cc1COC(=O)c1ccc(S(=O)(=O)NC2CC2)cc1. The molecule has 0 radical (unpaired) electrons. The van der Waals surface area contributed by atoms with Crippen molar-refractivity contribution in [2.75, 3.05) is 7.11 Å². The maximum Gasteiger partial charge on any atom is 0.338 e. The second-order valence-electron chi connectivity index (χ2n) is 5.95. The Morgan fingerprint density at radius 2 is 1.88 bits per heavy atom. The zero-order valence-corrected chi connectivity index (χ0v) is 15.6. The van der Waals surface area contributed by atoms with Crippen molar-refractivity contribution in [1.82, 2.24) is 4.72 Å². The highest BCUT2D eigenvalue weighted by Gasteiger charge is 2.28. The largest absolute Gasteiger partial charge is 0.496 e. The van der Waals surface area contributed by atoms with Gasteiger partial charge in [0.05, 0.1) is 17.6 Å². The first-order chi connectivity index (χ1) is 12.4. The molecule has 8 heteroatoms. The van der Waals surface area contributed by atoms with Gasteiger partial charge in [0.2, 0.25) is 10.0 Å². The zero-order valence-electron chi connectivity index (χ0n) is 14.1. The minimum Gasteiger partial charge on any atom is -0.496 e. The number of nitrogens with one attached hydrogen (secondary N) is 1. The van der Waals surface area contributed by atoms with Gasteiger partial charge in [0.15, 0.2) is 0 Å². The lowest BCUT2D eigenvalue weighted by atomic mass is 10.2. The fourth-order valence-corrected chi connectivity index (χ4v) is 3.85. The monoisotopic (exact) mass is 395 g/mol. The number of hydrogen-bond donors (Lipinski definition) is 1. The number of esters is 1. The van der Waals surface area contributed by atoms with Crippen LogP contribution in [0, 0.1) is 0 Å². The number of carbonyl (C=O) groups is 1. The molecule has 26 heavy (non-hydrogen) atoms. The van der Waals surface area contributed by atoms with Gasteiger partial charge in [-0.1, -0.05) is 11.6 Å². The van der Waals surface area contributed by atoms with Crippen molar-refractivity contribution >= 4 is 27.6 Å². The van der Waals surface area contributed by atoms with Gasteiger partial charge in [0, 0.05) is 16.6 Å². The van der Waals surface area contributed by atoms with Crippen LogP contribution in [0.15, 0.2) is 47.4 Å². The molecule has 2 aromatic rings. The molecule has 0 heterocycles. The van der Waals surface area contributed by atoms with Crippen molar-refractivity contribution in [2.24, 2.45) is 0 Å². The molecule has 1 aliphatic carbocycles. The van der Waals surface area contributed by atoms with Crippen LogP contribution in [-0.2, 0) is 21.4 Å². The summed E-state index contributed by atoms with van der Waals surface area (Å²) in [5.41, 5.74) is 0.901. The first-order valence-corrected chi connectivity index (χ1v) is 9.87. The van der Waals surface area contributed by atoms with Crippen LogP contribution < -0.4 is 9.46 Å². The Morgan fingerprint density at radius 1 is 1.19 bits per heavy atom. The Hall–Kier alpha value is -2.09. The van der Waals surface area contributed by atoms with E-state index in [9.17, 15) is 13.2 Å². The Balaban J connectivity index is 1.66. The third-order valence-corrected chi connectivity index (χ3v) is 5.67. The molecule has 0 spiro atoms. The molecule has 2 aromatic carbocycles. The van der Waals surface area contributed by atoms with E-state index in [-0.39, 0.29) is 23.1 Å². The van der Waals surface area contributed by atoms with E-state index in [0.29, 0.717) is 16.3 Å². The van der Waals surface area contributed by atoms with Crippen LogP contribution >= 0.6 is 11.6 Å². The molecule has 1 aliphatic rings. The van der Waals surface area contributed by atoms with Gasteiger partial charge >= 0.3 is 5.97 Å². The fraction of sp³-hybridized carbons (Fsp3) is 0.278. The topological polar surface area (TPSA) is 81.7 Å². The van der Waals surface area contributed by atoms with E-state index >= 15 is 0 Å². The Morgan fingerprint density at radius 3 is 2.50 bits per heavy atom. The number of methoxy groups -OCH3 is 1. The summed E-state index contributed by atoms with van der Waals surface area (Å²) < 4.78 is 37.3. The van der Waals surface area contributed by atoms with Gasteiger partial charge in [0.25, 0.3) is 0 Å².